The molecule has 90 heavy (non-hydrogen) atoms. The monoisotopic (exact) mass is 1290 g/mol. The summed E-state index contributed by atoms with van der Waals surface area (Å²) in [5.41, 5.74) is 2.83. The molecular formula is C65H99N9O14S2. The van der Waals surface area contributed by atoms with Crippen molar-refractivity contribution in [3.8, 4) is 0 Å². The Bertz CT molecular complexity index is 2870. The van der Waals surface area contributed by atoms with Crippen LogP contribution >= 0.6 is 23.1 Å². The molecule has 23 nitrogen and oxygen atoms in total. The number of amides is 7. The minimum absolute atomic E-state index is 0.0150. The van der Waals surface area contributed by atoms with E-state index in [1.807, 2.05) is 65.0 Å². The molecule has 0 aliphatic heterocycles. The van der Waals surface area contributed by atoms with E-state index in [4.69, 9.17) is 14.2 Å². The van der Waals surface area contributed by atoms with Crippen LogP contribution in [0.15, 0.2) is 47.8 Å². The van der Waals surface area contributed by atoms with Crippen LogP contribution in [0.3, 0.4) is 0 Å². The Labute approximate surface area is 539 Å². The van der Waals surface area contributed by atoms with Gasteiger partial charge in [0.15, 0.2) is 11.9 Å². The average molecular weight is 1290 g/mol. The zero-order valence-corrected chi connectivity index (χ0v) is 57.0. The van der Waals surface area contributed by atoms with Crippen molar-refractivity contribution in [3.63, 3.8) is 0 Å². The number of aryl methyl sites for hydroxylation is 3. The maximum Gasteiger partial charge on any atom is 0.306 e. The average Bonchev–Trinajstić information content (AvgIpc) is 1.20. The van der Waals surface area contributed by atoms with Gasteiger partial charge in [0.25, 0.3) is 5.91 Å². The van der Waals surface area contributed by atoms with Crippen LogP contribution in [0.2, 0.25) is 0 Å². The van der Waals surface area contributed by atoms with Gasteiger partial charge in [-0.1, -0.05) is 83.0 Å². The molecule has 0 bridgehead atoms. The Balaban J connectivity index is 1.88. The number of carboxylic acid groups (broad SMARTS) is 1. The Morgan fingerprint density at radius 3 is 2.11 bits per heavy atom. The van der Waals surface area contributed by atoms with Gasteiger partial charge < -0.3 is 56.1 Å². The lowest BCUT2D eigenvalue weighted by atomic mass is 9.91. The number of carboxylic acids is 1. The lowest BCUT2D eigenvalue weighted by molar-refractivity contribution is -0.151. The van der Waals surface area contributed by atoms with Crippen LogP contribution in [-0.2, 0) is 70.2 Å². The third-order valence-corrected chi connectivity index (χ3v) is 17.3. The molecule has 1 aromatic heterocycles. The van der Waals surface area contributed by atoms with E-state index in [0.29, 0.717) is 50.1 Å². The number of thiazole rings is 1. The lowest BCUT2D eigenvalue weighted by Crippen LogP contribution is -2.61. The zero-order chi connectivity index (χ0) is 67.4. The first-order valence-corrected chi connectivity index (χ1v) is 33.0. The fourth-order valence-electron chi connectivity index (χ4n) is 9.54. The molecule has 0 spiro atoms. The van der Waals surface area contributed by atoms with Gasteiger partial charge in [0.05, 0.1) is 37.0 Å². The second kappa shape index (κ2) is 38.8. The summed E-state index contributed by atoms with van der Waals surface area (Å²) in [5, 5.41) is 28.7. The Morgan fingerprint density at radius 1 is 0.833 bits per heavy atom. The first kappa shape index (κ1) is 77.4. The summed E-state index contributed by atoms with van der Waals surface area (Å²) in [5.74, 6) is -6.49. The number of rotatable bonds is 41. The number of anilines is 1. The van der Waals surface area contributed by atoms with Gasteiger partial charge in [-0.25, -0.2) is 4.98 Å². The first-order chi connectivity index (χ1) is 42.4. The lowest BCUT2D eigenvalue weighted by Gasteiger charge is -2.40. The number of unbranched alkanes of at least 4 members (excludes halogenated alkanes) is 1. The van der Waals surface area contributed by atoms with Gasteiger partial charge in [0.2, 0.25) is 35.4 Å². The number of thioether (sulfide) groups is 1. The molecule has 2 aromatic carbocycles. The Hall–Kier alpha value is -6.80. The smallest absolute Gasteiger partial charge is 0.306 e. The van der Waals surface area contributed by atoms with Crippen LogP contribution in [0.5, 0.6) is 0 Å². The number of methoxy groups -OCH3 is 1. The van der Waals surface area contributed by atoms with Crippen LogP contribution in [0, 0.1) is 31.6 Å². The summed E-state index contributed by atoms with van der Waals surface area (Å²) in [6.07, 6.45) is 3.13. The number of carbonyl (C=O) groups excluding carboxylic acids is 9. The summed E-state index contributed by atoms with van der Waals surface area (Å²) in [6.45, 7) is 19.6. The Morgan fingerprint density at radius 2 is 1.51 bits per heavy atom. The fourth-order valence-corrected chi connectivity index (χ4v) is 10.7. The van der Waals surface area contributed by atoms with Crippen molar-refractivity contribution in [2.45, 2.75) is 176 Å². The summed E-state index contributed by atoms with van der Waals surface area (Å²) >= 11 is 2.38. The van der Waals surface area contributed by atoms with Crippen LogP contribution in [0.25, 0.3) is 0 Å². The summed E-state index contributed by atoms with van der Waals surface area (Å²) < 4.78 is 16.1. The number of ketones is 1. The topological polar surface area (TPSA) is 310 Å². The van der Waals surface area contributed by atoms with Crippen LogP contribution in [0.1, 0.15) is 151 Å². The minimum atomic E-state index is -1.09. The fraction of sp³-hybridized carbons (Fsp3) is 0.615. The number of ether oxygens (including phenoxy) is 3. The van der Waals surface area contributed by atoms with Gasteiger partial charge in [0.1, 0.15) is 35.4 Å². The number of carbonyl (C=O) groups is 10. The molecular weight excluding hydrogens is 1190 g/mol. The van der Waals surface area contributed by atoms with Gasteiger partial charge in [-0.05, 0) is 128 Å². The number of hydrogen-bond acceptors (Lipinski definition) is 17. The van der Waals surface area contributed by atoms with E-state index in [9.17, 15) is 48.3 Å². The normalized spacial score (nSPS) is 14.2. The number of nitrogens with zero attached hydrogens (tertiary/aromatic N) is 3. The van der Waals surface area contributed by atoms with Gasteiger partial charge in [-0.2, -0.15) is 11.8 Å². The molecule has 0 fully saturated rings. The van der Waals surface area contributed by atoms with Crippen LogP contribution in [0.4, 0.5) is 5.69 Å². The third-order valence-electron chi connectivity index (χ3n) is 15.9. The highest BCUT2D eigenvalue weighted by atomic mass is 32.2. The maximum absolute atomic E-state index is 15.4. The van der Waals surface area contributed by atoms with Crippen molar-refractivity contribution in [1.29, 1.82) is 0 Å². The molecule has 1 heterocycles. The molecule has 500 valence electrons. The molecule has 4 unspecified atom stereocenters. The van der Waals surface area contributed by atoms with Crippen LogP contribution < -0.4 is 31.9 Å². The molecule has 0 radical (unpaired) electrons. The quantitative estimate of drug-likeness (QED) is 0.0240. The van der Waals surface area contributed by atoms with Gasteiger partial charge in [-0.15, -0.1) is 11.3 Å². The number of Topliss-reactive ketones (excluding diaryl/α,β-unsaturated/α-hetero) is 1. The molecule has 7 N–H and O–H groups in total. The van der Waals surface area contributed by atoms with E-state index in [0.717, 1.165) is 28.0 Å². The molecule has 7 amide bonds. The summed E-state index contributed by atoms with van der Waals surface area (Å²) in [7, 11) is 5.05. The van der Waals surface area contributed by atoms with Crippen molar-refractivity contribution in [2.75, 3.05) is 71.4 Å². The molecule has 25 heteroatoms. The van der Waals surface area contributed by atoms with Gasteiger partial charge in [0, 0.05) is 56.6 Å². The number of likely N-dealkylation sites (N-methyl/N-ethyl adjacent to an activating group) is 1. The highest BCUT2D eigenvalue weighted by Gasteiger charge is 2.41. The van der Waals surface area contributed by atoms with E-state index < -0.39 is 89.2 Å². The van der Waals surface area contributed by atoms with Crippen molar-refractivity contribution in [3.05, 3.63) is 80.8 Å². The summed E-state index contributed by atoms with van der Waals surface area (Å²) in [4.78, 5) is 142. The number of nitrogens with one attached hydrogen (secondary N) is 6. The van der Waals surface area contributed by atoms with E-state index >= 15 is 4.79 Å². The number of hydrogen-bond donors (Lipinski definition) is 7. The summed E-state index contributed by atoms with van der Waals surface area (Å²) in [6, 6.07) is 8.65. The SMILES string of the molecule is CCC(C)[C@H](NC(=O)C(C)(C)N(C)C)C(=O)N(CC(=O)CCc1ccc(NC(=O)C(C)NC(=O)C(CCCCNC(=O)COCCOC)NC(=O)CSC)c(C)c1)[C@H](C[C@@H](OC(C)=O)c1nc(C(=O)N[C@@H](Cc2ccc(C)cc2)CC(C)C(=O)O)cs1)C(C)C. The predicted octanol–water partition coefficient (Wildman–Crippen LogP) is 6.37. The highest BCUT2D eigenvalue weighted by molar-refractivity contribution is 7.99. The number of aromatic nitrogens is 1. The maximum atomic E-state index is 15.4. The van der Waals surface area contributed by atoms with Crippen molar-refractivity contribution >= 4 is 87.9 Å². The number of esters is 1. The van der Waals surface area contributed by atoms with Gasteiger partial charge in [-0.3, -0.25) is 52.8 Å². The number of aliphatic carboxylic acids is 1. The molecule has 3 aromatic rings. The highest BCUT2D eigenvalue weighted by Crippen LogP contribution is 2.32. The number of benzene rings is 2. The van der Waals surface area contributed by atoms with E-state index in [-0.39, 0.29) is 97.8 Å². The molecule has 0 saturated heterocycles. The van der Waals surface area contributed by atoms with Crippen molar-refractivity contribution in [2.24, 2.45) is 17.8 Å². The third kappa shape index (κ3) is 26.2. The largest absolute Gasteiger partial charge is 0.481 e. The van der Waals surface area contributed by atoms with Crippen molar-refractivity contribution in [1.82, 2.24) is 41.4 Å². The zero-order valence-electron chi connectivity index (χ0n) is 55.3. The van der Waals surface area contributed by atoms with E-state index in [1.165, 1.54) is 43.0 Å². The predicted molar refractivity (Wildman–Crippen MR) is 349 cm³/mol. The molecule has 0 aliphatic carbocycles. The Kier molecular flexibility index (Phi) is 33.4. The second-order valence-corrected chi connectivity index (χ2v) is 25.9. The van der Waals surface area contributed by atoms with Crippen LogP contribution in [-0.4, -0.2) is 181 Å². The first-order valence-electron chi connectivity index (χ1n) is 30.8. The van der Waals surface area contributed by atoms with Gasteiger partial charge >= 0.3 is 11.9 Å². The second-order valence-electron chi connectivity index (χ2n) is 24.2. The van der Waals surface area contributed by atoms with E-state index in [1.54, 1.807) is 65.1 Å². The molecule has 0 saturated carbocycles. The molecule has 3 rings (SSSR count). The molecule has 0 aliphatic rings. The minimum Gasteiger partial charge on any atom is -0.481 e. The molecule has 8 atom stereocenters. The van der Waals surface area contributed by atoms with Crippen molar-refractivity contribution < 1.29 is 67.3 Å². The van der Waals surface area contributed by atoms with E-state index in [2.05, 4.69) is 36.9 Å². The standard InChI is InChI=1S/C65H99N9O14S2/c1-16-41(5)57(72-64(85)65(10,11)73(12)13)62(82)74(53(39(2)3)34-54(88-45(9)75)61-71-52(37-90-61)60(81)68-48(32-43(7)63(83)84)33-47-22-20-40(4)21-23-47)35-49(76)26-24-46-25-27-50(42(6)31-46)70-58(79)44(8)67-59(80)51(69-56(78)38-89-15)19-17-18-28-66-55(77)36-87-30-29-86-14/h20-23,25,27,31,37,39,41,43-44,48,51,53-54,57H,16-19,24,26,28-30,32-36,38H2,1-15H3,(H,66,77)(H,67,80)(H,68,81)(H,69,78)(H,70,79)(H,72,85)(H,83,84)/t41?,43?,44?,48-,51?,53-,54-,57+/m1/s1.